The van der Waals surface area contributed by atoms with E-state index in [1.54, 1.807) is 12.1 Å². The van der Waals surface area contributed by atoms with E-state index in [0.717, 1.165) is 5.56 Å². The van der Waals surface area contributed by atoms with Crippen LogP contribution in [0.5, 0.6) is 0 Å². The quantitative estimate of drug-likeness (QED) is 0.628. The Morgan fingerprint density at radius 1 is 1.50 bits per heavy atom. The molecule has 1 amide bonds. The molecule has 0 atom stereocenters. The smallest absolute Gasteiger partial charge is 0.292 e. The molecule has 86 valence electrons. The largest absolute Gasteiger partial charge is 0.320 e. The number of nitrogens with one attached hydrogen (secondary N) is 1. The molecule has 0 heterocycles. The third-order valence-electron chi connectivity index (χ3n) is 2.10. The summed E-state index contributed by atoms with van der Waals surface area (Å²) in [5, 5.41) is 13.3. The Labute approximate surface area is 93.6 Å². The number of hydrogen-bond acceptors (Lipinski definition) is 3. The zero-order valence-corrected chi connectivity index (χ0v) is 9.32. The molecule has 16 heavy (non-hydrogen) atoms. The van der Waals surface area contributed by atoms with Crippen LogP contribution in [0.2, 0.25) is 0 Å². The number of hydrogen-bond donors (Lipinski definition) is 1. The topological polar surface area (TPSA) is 72.2 Å². The first kappa shape index (κ1) is 12.2. The number of carbonyl (C=O) groups is 1. The van der Waals surface area contributed by atoms with E-state index < -0.39 is 4.92 Å². The number of nitro groups is 1. The molecule has 0 radical (unpaired) electrons. The van der Waals surface area contributed by atoms with Gasteiger partial charge in [0, 0.05) is 12.5 Å². The maximum Gasteiger partial charge on any atom is 0.292 e. The number of nitrogens with zero attached hydrogens (tertiary/aromatic N) is 1. The van der Waals surface area contributed by atoms with E-state index in [4.69, 9.17) is 0 Å². The van der Waals surface area contributed by atoms with Gasteiger partial charge in [0.25, 0.3) is 5.69 Å². The Morgan fingerprint density at radius 2 is 2.19 bits per heavy atom. The lowest BCUT2D eigenvalue weighted by atomic mass is 10.2. The molecule has 0 fully saturated rings. The first-order chi connectivity index (χ1) is 7.54. The minimum atomic E-state index is -0.499. The van der Waals surface area contributed by atoms with Gasteiger partial charge in [-0.1, -0.05) is 13.0 Å². The van der Waals surface area contributed by atoms with Gasteiger partial charge in [-0.3, -0.25) is 14.9 Å². The molecular formula is C11H14N2O3. The lowest BCUT2D eigenvalue weighted by Crippen LogP contribution is -2.12. The summed E-state index contributed by atoms with van der Waals surface area (Å²) in [6, 6.07) is 4.65. The van der Waals surface area contributed by atoms with Gasteiger partial charge in [-0.25, -0.2) is 0 Å². The lowest BCUT2D eigenvalue weighted by Gasteiger charge is -2.05. The van der Waals surface area contributed by atoms with Crippen LogP contribution in [0.1, 0.15) is 25.3 Å². The zero-order chi connectivity index (χ0) is 12.1. The van der Waals surface area contributed by atoms with Crippen LogP contribution in [0.4, 0.5) is 11.4 Å². The summed E-state index contributed by atoms with van der Waals surface area (Å²) in [7, 11) is 0. The first-order valence-corrected chi connectivity index (χ1v) is 5.09. The molecule has 0 unspecified atom stereocenters. The molecule has 1 N–H and O–H groups in total. The second kappa shape index (κ2) is 5.25. The minimum Gasteiger partial charge on any atom is -0.320 e. The second-order valence-corrected chi connectivity index (χ2v) is 3.58. The van der Waals surface area contributed by atoms with E-state index in [-0.39, 0.29) is 17.3 Å². The van der Waals surface area contributed by atoms with Gasteiger partial charge in [-0.2, -0.15) is 0 Å². The number of benzene rings is 1. The predicted octanol–water partition coefficient (Wildman–Crippen LogP) is 2.64. The number of aryl methyl sites for hydroxylation is 1. The van der Waals surface area contributed by atoms with Crippen LogP contribution in [0.3, 0.4) is 0 Å². The van der Waals surface area contributed by atoms with E-state index in [1.165, 1.54) is 6.07 Å². The Bertz CT molecular complexity index is 416. The number of carbonyl (C=O) groups excluding carboxylic acids is 1. The number of amides is 1. The Kier molecular flexibility index (Phi) is 3.99. The van der Waals surface area contributed by atoms with Crippen molar-refractivity contribution < 1.29 is 9.72 Å². The van der Waals surface area contributed by atoms with Gasteiger partial charge in [0.05, 0.1) is 4.92 Å². The van der Waals surface area contributed by atoms with Crippen LogP contribution in [0.25, 0.3) is 0 Å². The van der Waals surface area contributed by atoms with Gasteiger partial charge in [-0.05, 0) is 25.0 Å². The first-order valence-electron chi connectivity index (χ1n) is 5.09. The molecular weight excluding hydrogens is 208 g/mol. The molecule has 1 rings (SSSR count). The predicted molar refractivity (Wildman–Crippen MR) is 61.4 cm³/mol. The van der Waals surface area contributed by atoms with Crippen LogP contribution >= 0.6 is 0 Å². The Balaban J connectivity index is 2.96. The van der Waals surface area contributed by atoms with E-state index >= 15 is 0 Å². The van der Waals surface area contributed by atoms with Crippen molar-refractivity contribution in [2.45, 2.75) is 26.7 Å². The van der Waals surface area contributed by atoms with Crippen molar-refractivity contribution in [3.63, 3.8) is 0 Å². The zero-order valence-electron chi connectivity index (χ0n) is 9.32. The highest BCUT2D eigenvalue weighted by atomic mass is 16.6. The number of nitro benzene ring substituents is 1. The monoisotopic (exact) mass is 222 g/mol. The van der Waals surface area contributed by atoms with Crippen LogP contribution < -0.4 is 5.32 Å². The van der Waals surface area contributed by atoms with Crippen molar-refractivity contribution in [1.82, 2.24) is 0 Å². The molecule has 0 aliphatic carbocycles. The molecule has 0 saturated heterocycles. The molecule has 1 aromatic rings. The van der Waals surface area contributed by atoms with Crippen LogP contribution in [-0.4, -0.2) is 10.8 Å². The SMILES string of the molecule is CCCC(=O)Nc1cc(C)ccc1[N+](=O)[O-]. The standard InChI is InChI=1S/C11H14N2O3/c1-3-4-11(14)12-9-7-8(2)5-6-10(9)13(15)16/h5-7H,3-4H2,1-2H3,(H,12,14). The van der Waals surface area contributed by atoms with Crippen molar-refractivity contribution in [2.24, 2.45) is 0 Å². The molecule has 5 nitrogen and oxygen atoms in total. The van der Waals surface area contributed by atoms with Gasteiger partial charge in [0.2, 0.25) is 5.91 Å². The van der Waals surface area contributed by atoms with Crippen LogP contribution in [0.15, 0.2) is 18.2 Å². The van der Waals surface area contributed by atoms with Crippen molar-refractivity contribution in [3.05, 3.63) is 33.9 Å². The van der Waals surface area contributed by atoms with Gasteiger partial charge >= 0.3 is 0 Å². The summed E-state index contributed by atoms with van der Waals surface area (Å²) >= 11 is 0. The summed E-state index contributed by atoms with van der Waals surface area (Å²) < 4.78 is 0. The van der Waals surface area contributed by atoms with E-state index in [0.29, 0.717) is 12.8 Å². The molecule has 0 spiro atoms. The average Bonchev–Trinajstić information content (AvgIpc) is 2.17. The van der Waals surface area contributed by atoms with Crippen molar-refractivity contribution >= 4 is 17.3 Å². The molecule has 0 aliphatic rings. The summed E-state index contributed by atoms with van der Waals surface area (Å²) in [6.45, 7) is 3.70. The van der Waals surface area contributed by atoms with Gasteiger partial charge < -0.3 is 5.32 Å². The fourth-order valence-corrected chi connectivity index (χ4v) is 1.35. The van der Waals surface area contributed by atoms with Crippen molar-refractivity contribution in [3.8, 4) is 0 Å². The molecule has 5 heteroatoms. The van der Waals surface area contributed by atoms with Crippen molar-refractivity contribution in [2.75, 3.05) is 5.32 Å². The van der Waals surface area contributed by atoms with E-state index in [9.17, 15) is 14.9 Å². The third-order valence-corrected chi connectivity index (χ3v) is 2.10. The average molecular weight is 222 g/mol. The summed E-state index contributed by atoms with van der Waals surface area (Å²) in [5.74, 6) is -0.198. The second-order valence-electron chi connectivity index (χ2n) is 3.58. The fourth-order valence-electron chi connectivity index (χ4n) is 1.35. The number of anilines is 1. The van der Waals surface area contributed by atoms with Gasteiger partial charge in [0.1, 0.15) is 5.69 Å². The summed E-state index contributed by atoms with van der Waals surface area (Å²) in [6.07, 6.45) is 1.08. The Hall–Kier alpha value is -1.91. The van der Waals surface area contributed by atoms with E-state index in [2.05, 4.69) is 5.32 Å². The normalized spacial score (nSPS) is 9.88. The van der Waals surface area contributed by atoms with Crippen molar-refractivity contribution in [1.29, 1.82) is 0 Å². The van der Waals surface area contributed by atoms with Crippen LogP contribution in [-0.2, 0) is 4.79 Å². The maximum atomic E-state index is 11.4. The lowest BCUT2D eigenvalue weighted by molar-refractivity contribution is -0.383. The summed E-state index contributed by atoms with van der Waals surface area (Å²) in [4.78, 5) is 21.6. The Morgan fingerprint density at radius 3 is 2.75 bits per heavy atom. The number of rotatable bonds is 4. The molecule has 0 saturated carbocycles. The highest BCUT2D eigenvalue weighted by Gasteiger charge is 2.15. The maximum absolute atomic E-state index is 11.4. The van der Waals surface area contributed by atoms with Gasteiger partial charge in [-0.15, -0.1) is 0 Å². The van der Waals surface area contributed by atoms with Crippen LogP contribution in [0, 0.1) is 17.0 Å². The third kappa shape index (κ3) is 3.05. The molecule has 0 bridgehead atoms. The molecule has 0 aliphatic heterocycles. The fraction of sp³-hybridized carbons (Fsp3) is 0.364. The highest BCUT2D eigenvalue weighted by Crippen LogP contribution is 2.25. The minimum absolute atomic E-state index is 0.0740. The molecule has 0 aromatic heterocycles. The highest BCUT2D eigenvalue weighted by molar-refractivity contribution is 5.93. The van der Waals surface area contributed by atoms with E-state index in [1.807, 2.05) is 13.8 Å². The molecule has 1 aromatic carbocycles. The van der Waals surface area contributed by atoms with Gasteiger partial charge in [0.15, 0.2) is 0 Å². The summed E-state index contributed by atoms with van der Waals surface area (Å²) in [5.41, 5.74) is 1.07.